The lowest BCUT2D eigenvalue weighted by atomic mass is 10.00. The third-order valence-corrected chi connectivity index (χ3v) is 8.83. The van der Waals surface area contributed by atoms with Crippen LogP contribution in [0.5, 0.6) is 0 Å². The minimum Gasteiger partial charge on any atom is -0.345 e. The number of para-hydroxylation sites is 2. The van der Waals surface area contributed by atoms with Gasteiger partial charge in [0, 0.05) is 46.0 Å². The third-order valence-electron chi connectivity index (χ3n) is 8.83. The van der Waals surface area contributed by atoms with Gasteiger partial charge >= 0.3 is 0 Å². The molecule has 0 aliphatic carbocycles. The van der Waals surface area contributed by atoms with Gasteiger partial charge in [-0.15, -0.1) is 0 Å². The maximum Gasteiger partial charge on any atom is 0.160 e. The number of likely N-dealkylation sites (N-methyl/N-ethyl adjacent to an activating group) is 1. The van der Waals surface area contributed by atoms with Crippen molar-refractivity contribution in [3.8, 4) is 39.5 Å². The number of rotatable bonds is 10. The molecule has 0 aliphatic heterocycles. The van der Waals surface area contributed by atoms with E-state index in [0.29, 0.717) is 5.82 Å². The molecule has 0 amide bonds. The lowest BCUT2D eigenvalue weighted by molar-refractivity contribution is 1.12. The molecule has 2 heterocycles. The molecule has 5 aromatic carbocycles. The van der Waals surface area contributed by atoms with Crippen molar-refractivity contribution in [2.75, 3.05) is 11.9 Å². The van der Waals surface area contributed by atoms with E-state index in [1.54, 1.807) is 12.2 Å². The molecule has 0 unspecified atom stereocenters. The highest BCUT2D eigenvalue weighted by Crippen LogP contribution is 2.36. The van der Waals surface area contributed by atoms with Crippen LogP contribution in [0, 0.1) is 0 Å². The summed E-state index contributed by atoms with van der Waals surface area (Å²) in [6.45, 7) is 16.2. The quantitative estimate of drug-likeness (QED) is 0.141. The van der Waals surface area contributed by atoms with Crippen LogP contribution < -0.4 is 4.90 Å². The summed E-state index contributed by atoms with van der Waals surface area (Å²) in [5.41, 5.74) is 11.7. The molecule has 0 atom stereocenters. The molecule has 236 valence electrons. The minimum absolute atomic E-state index is 0.650. The van der Waals surface area contributed by atoms with Gasteiger partial charge in [-0.2, -0.15) is 0 Å². The zero-order chi connectivity index (χ0) is 33.9. The number of hydrogen-bond acceptors (Lipinski definition) is 3. The molecular formula is C45H36N4. The second kappa shape index (κ2) is 13.3. The molecule has 7 aromatic rings. The molecule has 0 fully saturated rings. The summed E-state index contributed by atoms with van der Waals surface area (Å²) in [4.78, 5) is 11.9. The van der Waals surface area contributed by atoms with E-state index in [1.165, 1.54) is 10.8 Å². The first kappa shape index (κ1) is 31.1. The Balaban J connectivity index is 1.36. The minimum atomic E-state index is 0.650. The van der Waals surface area contributed by atoms with Crippen LogP contribution in [0.4, 0.5) is 5.69 Å². The van der Waals surface area contributed by atoms with Crippen LogP contribution in [0.1, 0.15) is 5.69 Å². The standard InChI is InChI=1S/C45H36N4/c1-6-8-16-32(4)48(5)37-27-36(28-38(29-37)49-43-21-14-12-19-39(43)40-20-13-15-22-44(40)49)33-23-25-34(26-24-33)42-30-41(31(3)7-2)46-45(47-42)35-17-10-9-11-18-35/h6-30H,1-4H2,5H3/b16-8-. The molecule has 4 heteroatoms. The summed E-state index contributed by atoms with van der Waals surface area (Å²) < 4.78 is 2.35. The van der Waals surface area contributed by atoms with E-state index < -0.39 is 0 Å². The van der Waals surface area contributed by atoms with Crippen molar-refractivity contribution < 1.29 is 0 Å². The topological polar surface area (TPSA) is 34.0 Å². The summed E-state index contributed by atoms with van der Waals surface area (Å²) in [5.74, 6) is 0.650. The van der Waals surface area contributed by atoms with E-state index in [1.807, 2.05) is 55.6 Å². The van der Waals surface area contributed by atoms with Gasteiger partial charge in [-0.1, -0.05) is 136 Å². The Morgan fingerprint density at radius 1 is 0.653 bits per heavy atom. The fraction of sp³-hybridized carbons (Fsp3) is 0.0222. The fourth-order valence-corrected chi connectivity index (χ4v) is 6.16. The van der Waals surface area contributed by atoms with Gasteiger partial charge in [-0.05, 0) is 59.2 Å². The maximum atomic E-state index is 4.96. The molecule has 7 rings (SSSR count). The van der Waals surface area contributed by atoms with Gasteiger partial charge in [-0.3, -0.25) is 0 Å². The molecule has 0 bridgehead atoms. The number of anilines is 1. The average molecular weight is 633 g/mol. The fourth-order valence-electron chi connectivity index (χ4n) is 6.16. The SMILES string of the molecule is C=C/C=C\C(=C)N(C)c1cc(-c2ccc(-c3cc(C(=C)C=C)nc(-c4ccccc4)n3)cc2)cc(-n2c3ccccc3c3ccccc32)c1. The lowest BCUT2D eigenvalue weighted by Gasteiger charge is -2.22. The van der Waals surface area contributed by atoms with E-state index in [2.05, 4.69) is 127 Å². The van der Waals surface area contributed by atoms with Crippen molar-refractivity contribution in [1.82, 2.24) is 14.5 Å². The van der Waals surface area contributed by atoms with Gasteiger partial charge in [0.2, 0.25) is 0 Å². The summed E-state index contributed by atoms with van der Waals surface area (Å²) in [7, 11) is 2.04. The Morgan fingerprint density at radius 3 is 1.94 bits per heavy atom. The second-order valence-electron chi connectivity index (χ2n) is 11.9. The molecule has 49 heavy (non-hydrogen) atoms. The Bertz CT molecular complexity index is 2360. The van der Waals surface area contributed by atoms with Gasteiger partial charge in [0.25, 0.3) is 0 Å². The van der Waals surface area contributed by atoms with Crippen molar-refractivity contribution in [3.05, 3.63) is 189 Å². The van der Waals surface area contributed by atoms with E-state index >= 15 is 0 Å². The molecule has 0 N–H and O–H groups in total. The molecule has 4 nitrogen and oxygen atoms in total. The second-order valence-corrected chi connectivity index (χ2v) is 11.9. The van der Waals surface area contributed by atoms with Crippen LogP contribution in [-0.2, 0) is 0 Å². The van der Waals surface area contributed by atoms with Crippen molar-refractivity contribution in [2.45, 2.75) is 0 Å². The molecule has 0 spiro atoms. The Kier molecular flexibility index (Phi) is 8.44. The first-order valence-corrected chi connectivity index (χ1v) is 16.2. The molecule has 0 radical (unpaired) electrons. The smallest absolute Gasteiger partial charge is 0.160 e. The normalized spacial score (nSPS) is 11.2. The summed E-state index contributed by atoms with van der Waals surface area (Å²) in [5, 5.41) is 2.44. The summed E-state index contributed by atoms with van der Waals surface area (Å²) in [6.07, 6.45) is 7.36. The van der Waals surface area contributed by atoms with Gasteiger partial charge in [0.05, 0.1) is 22.4 Å². The average Bonchev–Trinajstić information content (AvgIpc) is 3.50. The van der Waals surface area contributed by atoms with Crippen LogP contribution >= 0.6 is 0 Å². The van der Waals surface area contributed by atoms with E-state index in [0.717, 1.165) is 67.3 Å². The van der Waals surface area contributed by atoms with Crippen LogP contribution in [0.3, 0.4) is 0 Å². The largest absolute Gasteiger partial charge is 0.345 e. The van der Waals surface area contributed by atoms with Gasteiger partial charge < -0.3 is 9.47 Å². The molecule has 2 aromatic heterocycles. The zero-order valence-corrected chi connectivity index (χ0v) is 27.6. The van der Waals surface area contributed by atoms with E-state index in [9.17, 15) is 0 Å². The van der Waals surface area contributed by atoms with Gasteiger partial charge in [-0.25, -0.2) is 9.97 Å². The molecule has 0 aliphatic rings. The summed E-state index contributed by atoms with van der Waals surface area (Å²) >= 11 is 0. The summed E-state index contributed by atoms with van der Waals surface area (Å²) in [6, 6.07) is 44.4. The highest BCUT2D eigenvalue weighted by molar-refractivity contribution is 6.09. The Morgan fingerprint density at radius 2 is 1.29 bits per heavy atom. The van der Waals surface area contributed by atoms with Crippen LogP contribution in [0.25, 0.3) is 66.8 Å². The van der Waals surface area contributed by atoms with Gasteiger partial charge in [0.15, 0.2) is 5.82 Å². The monoisotopic (exact) mass is 632 g/mol. The highest BCUT2D eigenvalue weighted by atomic mass is 15.1. The van der Waals surface area contributed by atoms with Crippen molar-refractivity contribution >= 4 is 33.1 Å². The van der Waals surface area contributed by atoms with Crippen LogP contribution in [0.2, 0.25) is 0 Å². The lowest BCUT2D eigenvalue weighted by Crippen LogP contribution is -2.14. The maximum absolute atomic E-state index is 4.96. The number of allylic oxidation sites excluding steroid dienone is 5. The number of aromatic nitrogens is 3. The number of benzene rings is 5. The molecular weight excluding hydrogens is 597 g/mol. The van der Waals surface area contributed by atoms with Crippen molar-refractivity contribution in [1.29, 1.82) is 0 Å². The molecule has 0 saturated heterocycles. The number of nitrogens with zero attached hydrogens (tertiary/aromatic N) is 4. The van der Waals surface area contributed by atoms with Crippen LogP contribution in [-0.4, -0.2) is 21.6 Å². The highest BCUT2D eigenvalue weighted by Gasteiger charge is 2.16. The van der Waals surface area contributed by atoms with E-state index in [4.69, 9.17) is 9.97 Å². The van der Waals surface area contributed by atoms with E-state index in [-0.39, 0.29) is 0 Å². The van der Waals surface area contributed by atoms with Crippen LogP contribution in [0.15, 0.2) is 184 Å². The Hall–Kier alpha value is -6.52. The predicted octanol–water partition coefficient (Wildman–Crippen LogP) is 11.5. The van der Waals surface area contributed by atoms with Crippen molar-refractivity contribution in [2.24, 2.45) is 0 Å². The zero-order valence-electron chi connectivity index (χ0n) is 27.6. The van der Waals surface area contributed by atoms with Crippen molar-refractivity contribution in [3.63, 3.8) is 0 Å². The first-order chi connectivity index (χ1) is 23.9. The van der Waals surface area contributed by atoms with Gasteiger partial charge in [0.1, 0.15) is 0 Å². The Labute approximate surface area is 287 Å². The molecule has 0 saturated carbocycles. The first-order valence-electron chi connectivity index (χ1n) is 16.2. The third kappa shape index (κ3) is 6.04. The number of hydrogen-bond donors (Lipinski definition) is 0. The number of fused-ring (bicyclic) bond motifs is 3. The predicted molar refractivity (Wildman–Crippen MR) is 209 cm³/mol.